The van der Waals surface area contributed by atoms with Gasteiger partial charge in [0.25, 0.3) is 0 Å². The first kappa shape index (κ1) is 20.2. The molecule has 2 aromatic rings. The van der Waals surface area contributed by atoms with Gasteiger partial charge in [0.1, 0.15) is 11.8 Å². The highest BCUT2D eigenvalue weighted by Crippen LogP contribution is 2.45. The lowest BCUT2D eigenvalue weighted by Gasteiger charge is -2.50. The molecule has 2 fully saturated rings. The maximum atomic E-state index is 11.5. The number of ether oxygens (including phenoxy) is 1. The molecular formula is C26H34NO2+. The number of fused-ring (bicyclic) bond motifs is 1. The molecule has 4 rings (SSSR count). The number of nitrogens with one attached hydrogen (secondary N) is 1. The number of benzene rings is 2. The molecule has 0 radical (unpaired) electrons. The van der Waals surface area contributed by atoms with Crippen LogP contribution in [0.25, 0.3) is 6.08 Å². The van der Waals surface area contributed by atoms with Gasteiger partial charge in [-0.15, -0.1) is 0 Å². The first-order chi connectivity index (χ1) is 14.2. The van der Waals surface area contributed by atoms with E-state index in [9.17, 15) is 5.11 Å². The van der Waals surface area contributed by atoms with Crippen molar-refractivity contribution < 1.29 is 14.7 Å². The Kier molecular flexibility index (Phi) is 6.37. The fraction of sp³-hybridized carbons (Fsp3) is 0.462. The number of hydrogen-bond donors (Lipinski definition) is 2. The molecule has 3 heteroatoms. The summed E-state index contributed by atoms with van der Waals surface area (Å²) < 4.78 is 6.01. The number of hydrogen-bond acceptors (Lipinski definition) is 2. The van der Waals surface area contributed by atoms with Gasteiger partial charge in [0.05, 0.1) is 30.9 Å². The first-order valence-electron chi connectivity index (χ1n) is 11.2. The first-order valence-corrected chi connectivity index (χ1v) is 11.2. The van der Waals surface area contributed by atoms with Crippen LogP contribution in [-0.2, 0) is 0 Å². The Hall–Kier alpha value is -2.10. The van der Waals surface area contributed by atoms with Crippen molar-refractivity contribution >= 4 is 6.08 Å². The van der Waals surface area contributed by atoms with E-state index in [4.69, 9.17) is 4.74 Å². The second-order valence-electron chi connectivity index (χ2n) is 8.58. The van der Waals surface area contributed by atoms with Crippen LogP contribution in [0.3, 0.4) is 0 Å². The maximum Gasteiger partial charge on any atom is 0.128 e. The molecule has 0 aromatic heterocycles. The minimum absolute atomic E-state index is 0.275. The second-order valence-corrected chi connectivity index (χ2v) is 8.58. The predicted molar refractivity (Wildman–Crippen MR) is 118 cm³/mol. The average Bonchev–Trinajstić information content (AvgIpc) is 2.75. The molecule has 2 aliphatic rings. The van der Waals surface area contributed by atoms with E-state index in [-0.39, 0.29) is 6.04 Å². The van der Waals surface area contributed by atoms with Crippen LogP contribution in [0.4, 0.5) is 0 Å². The lowest BCUT2D eigenvalue weighted by molar-refractivity contribution is -0.939. The summed E-state index contributed by atoms with van der Waals surface area (Å²) in [5, 5.41) is 11.5. The van der Waals surface area contributed by atoms with Crippen LogP contribution in [0, 0.1) is 5.92 Å². The van der Waals surface area contributed by atoms with Crippen molar-refractivity contribution in [1.29, 1.82) is 0 Å². The normalized spacial score (nSPS) is 29.5. The molecule has 0 bridgehead atoms. The molecule has 1 saturated heterocycles. The number of likely N-dealkylation sites (tertiary alicyclic amines) is 1. The zero-order chi connectivity index (χ0) is 20.1. The molecule has 2 N–H and O–H groups in total. The number of quaternary nitrogens is 1. The smallest absolute Gasteiger partial charge is 0.128 e. The van der Waals surface area contributed by atoms with E-state index < -0.39 is 5.60 Å². The fourth-order valence-electron chi connectivity index (χ4n) is 5.45. The largest absolute Gasteiger partial charge is 0.493 e. The van der Waals surface area contributed by atoms with E-state index in [0.29, 0.717) is 12.5 Å². The van der Waals surface area contributed by atoms with Gasteiger partial charge in [-0.05, 0) is 43.5 Å². The van der Waals surface area contributed by atoms with Crippen molar-refractivity contribution in [2.75, 3.05) is 19.7 Å². The van der Waals surface area contributed by atoms with Gasteiger partial charge in [-0.2, -0.15) is 0 Å². The topological polar surface area (TPSA) is 33.9 Å². The average molecular weight is 393 g/mol. The van der Waals surface area contributed by atoms with E-state index in [1.807, 2.05) is 6.92 Å². The summed E-state index contributed by atoms with van der Waals surface area (Å²) in [7, 11) is 0. The molecule has 1 heterocycles. The third-order valence-electron chi connectivity index (χ3n) is 6.83. The van der Waals surface area contributed by atoms with Gasteiger partial charge in [0, 0.05) is 12.3 Å². The van der Waals surface area contributed by atoms with E-state index in [1.165, 1.54) is 17.5 Å². The van der Waals surface area contributed by atoms with Crippen LogP contribution >= 0.6 is 0 Å². The van der Waals surface area contributed by atoms with Crippen molar-refractivity contribution in [2.45, 2.75) is 50.7 Å². The standard InChI is InChI=1S/C26H33NO2/c1-2-29-24-16-7-6-14-22(24)25-23-15-8-9-17-26(23,28)18-20-27(25)19-10-13-21-11-4-3-5-12-21/h3-7,10-14,16,23,25,28H,2,8-9,15,17-20H2,1H3/p+1/b13-10+/t23-,25-,26-/m0/s1. The van der Waals surface area contributed by atoms with Crippen molar-refractivity contribution in [3.63, 3.8) is 0 Å². The third-order valence-corrected chi connectivity index (χ3v) is 6.83. The summed E-state index contributed by atoms with van der Waals surface area (Å²) in [6.45, 7) is 4.67. The van der Waals surface area contributed by atoms with Crippen molar-refractivity contribution in [3.8, 4) is 5.75 Å². The van der Waals surface area contributed by atoms with Crippen LogP contribution < -0.4 is 9.64 Å². The van der Waals surface area contributed by atoms with E-state index in [2.05, 4.69) is 66.7 Å². The minimum atomic E-state index is -0.519. The summed E-state index contributed by atoms with van der Waals surface area (Å²) in [4.78, 5) is 1.54. The van der Waals surface area contributed by atoms with Crippen molar-refractivity contribution in [3.05, 3.63) is 71.8 Å². The summed E-state index contributed by atoms with van der Waals surface area (Å²) in [6, 6.07) is 19.3. The molecular weight excluding hydrogens is 358 g/mol. The zero-order valence-electron chi connectivity index (χ0n) is 17.5. The van der Waals surface area contributed by atoms with Crippen LogP contribution in [0.2, 0.25) is 0 Å². The molecule has 1 aliphatic carbocycles. The highest BCUT2D eigenvalue weighted by molar-refractivity contribution is 5.48. The van der Waals surface area contributed by atoms with Crippen molar-refractivity contribution in [2.24, 2.45) is 5.92 Å². The lowest BCUT2D eigenvalue weighted by Crippen LogP contribution is -3.14. The Morgan fingerprint density at radius 1 is 1.07 bits per heavy atom. The van der Waals surface area contributed by atoms with Gasteiger partial charge in [-0.25, -0.2) is 0 Å². The van der Waals surface area contributed by atoms with E-state index in [0.717, 1.165) is 44.5 Å². The van der Waals surface area contributed by atoms with Gasteiger partial charge in [0.2, 0.25) is 0 Å². The Morgan fingerprint density at radius 2 is 1.86 bits per heavy atom. The van der Waals surface area contributed by atoms with Crippen molar-refractivity contribution in [1.82, 2.24) is 0 Å². The Morgan fingerprint density at radius 3 is 2.69 bits per heavy atom. The summed E-state index contributed by atoms with van der Waals surface area (Å²) >= 11 is 0. The minimum Gasteiger partial charge on any atom is -0.493 e. The summed E-state index contributed by atoms with van der Waals surface area (Å²) in [5.74, 6) is 1.28. The SMILES string of the molecule is CCOc1ccccc1[C@H]1[C@@H]2CCCC[C@]2(O)CC[NH+]1C/C=C/c1ccccc1. The van der Waals surface area contributed by atoms with E-state index in [1.54, 1.807) is 4.90 Å². The number of aliphatic hydroxyl groups is 1. The second kappa shape index (κ2) is 9.15. The zero-order valence-corrected chi connectivity index (χ0v) is 17.5. The summed E-state index contributed by atoms with van der Waals surface area (Å²) in [5.41, 5.74) is 1.99. The van der Waals surface area contributed by atoms with Gasteiger partial charge in [0.15, 0.2) is 0 Å². The molecule has 1 saturated carbocycles. The van der Waals surface area contributed by atoms with Gasteiger partial charge < -0.3 is 14.7 Å². The highest BCUT2D eigenvalue weighted by Gasteiger charge is 2.52. The van der Waals surface area contributed by atoms with Crippen LogP contribution in [0.5, 0.6) is 5.75 Å². The number of para-hydroxylation sites is 1. The molecule has 2 aromatic carbocycles. The van der Waals surface area contributed by atoms with Gasteiger partial charge in [-0.3, -0.25) is 0 Å². The predicted octanol–water partition coefficient (Wildman–Crippen LogP) is 4.05. The summed E-state index contributed by atoms with van der Waals surface area (Å²) in [6.07, 6.45) is 9.84. The quantitative estimate of drug-likeness (QED) is 0.778. The number of piperidine rings is 1. The monoisotopic (exact) mass is 392 g/mol. The van der Waals surface area contributed by atoms with Crippen LogP contribution in [0.15, 0.2) is 60.7 Å². The van der Waals surface area contributed by atoms with Crippen LogP contribution in [0.1, 0.15) is 56.2 Å². The highest BCUT2D eigenvalue weighted by atomic mass is 16.5. The van der Waals surface area contributed by atoms with Gasteiger partial charge in [-0.1, -0.05) is 61.4 Å². The third kappa shape index (κ3) is 4.41. The molecule has 3 nitrogen and oxygen atoms in total. The number of rotatable bonds is 6. The Bertz CT molecular complexity index is 818. The van der Waals surface area contributed by atoms with Gasteiger partial charge >= 0.3 is 0 Å². The molecule has 1 unspecified atom stereocenters. The maximum absolute atomic E-state index is 11.5. The van der Waals surface area contributed by atoms with Crippen LogP contribution in [-0.4, -0.2) is 30.4 Å². The lowest BCUT2D eigenvalue weighted by atomic mass is 9.66. The molecule has 0 spiro atoms. The fourth-order valence-corrected chi connectivity index (χ4v) is 5.45. The Balaban J connectivity index is 1.63. The molecule has 29 heavy (non-hydrogen) atoms. The Labute approximate surface area is 175 Å². The molecule has 0 amide bonds. The van der Waals surface area contributed by atoms with E-state index >= 15 is 0 Å². The molecule has 4 atom stereocenters. The molecule has 1 aliphatic heterocycles. The molecule has 154 valence electrons.